The third kappa shape index (κ3) is 5.85. The number of hydrogen-bond donors (Lipinski definition) is 1. The molecule has 78 valence electrons. The summed E-state index contributed by atoms with van der Waals surface area (Å²) in [6.07, 6.45) is 4.53. The number of carboxylic acids is 1. The second kappa shape index (κ2) is 5.42. The maximum Gasteiger partial charge on any atom is 0.300 e. The highest BCUT2D eigenvalue weighted by molar-refractivity contribution is 6.78. The topological polar surface area (TPSA) is 37.3 Å². The van der Waals surface area contributed by atoms with E-state index in [4.69, 9.17) is 9.90 Å². The van der Waals surface area contributed by atoms with E-state index in [1.54, 1.807) is 6.04 Å². The summed E-state index contributed by atoms with van der Waals surface area (Å²) >= 11 is 0. The van der Waals surface area contributed by atoms with Crippen molar-refractivity contribution in [2.75, 3.05) is 0 Å². The van der Waals surface area contributed by atoms with Crippen LogP contribution in [0.3, 0.4) is 0 Å². The van der Waals surface area contributed by atoms with Crippen LogP contribution in [-0.2, 0) is 4.79 Å². The van der Waals surface area contributed by atoms with Crippen molar-refractivity contribution in [3.8, 4) is 0 Å². The van der Waals surface area contributed by atoms with Gasteiger partial charge < -0.3 is 5.11 Å². The first kappa shape index (κ1) is 12.7. The average molecular weight is 202 g/mol. The molecule has 0 bridgehead atoms. The predicted octanol–water partition coefficient (Wildman–Crippen LogP) is 3.36. The molecule has 0 aromatic rings. The summed E-state index contributed by atoms with van der Waals surface area (Å²) in [5, 5.41) is 7.42. The molecule has 0 amide bonds. The van der Waals surface area contributed by atoms with Gasteiger partial charge in [-0.3, -0.25) is 4.79 Å². The summed E-state index contributed by atoms with van der Waals surface area (Å²) < 4.78 is 0. The highest BCUT2D eigenvalue weighted by atomic mass is 28.3. The van der Waals surface area contributed by atoms with Gasteiger partial charge in [-0.2, -0.15) is 0 Å². The molecule has 0 aromatic carbocycles. The molecule has 1 atom stereocenters. The van der Waals surface area contributed by atoms with E-state index in [0.29, 0.717) is 0 Å². The Bertz CT molecular complexity index is 162. The van der Waals surface area contributed by atoms with Crippen molar-refractivity contribution in [2.45, 2.75) is 57.8 Å². The van der Waals surface area contributed by atoms with Crippen LogP contribution in [0, 0.1) is 0 Å². The Kier molecular flexibility index (Phi) is 5.29. The van der Waals surface area contributed by atoms with Crippen molar-refractivity contribution in [1.29, 1.82) is 0 Å². The SMILES string of the molecule is CC(=O)O.CC1CCCC[Si]1(C)C. The van der Waals surface area contributed by atoms with E-state index in [-0.39, 0.29) is 0 Å². The van der Waals surface area contributed by atoms with Crippen LogP contribution in [0.4, 0.5) is 0 Å². The van der Waals surface area contributed by atoms with Crippen LogP contribution < -0.4 is 0 Å². The molecule has 3 heteroatoms. The number of hydrogen-bond acceptors (Lipinski definition) is 1. The van der Waals surface area contributed by atoms with Gasteiger partial charge in [0.1, 0.15) is 0 Å². The lowest BCUT2D eigenvalue weighted by Gasteiger charge is -2.34. The lowest BCUT2D eigenvalue weighted by Crippen LogP contribution is -2.33. The minimum Gasteiger partial charge on any atom is -0.481 e. The molecule has 13 heavy (non-hydrogen) atoms. The van der Waals surface area contributed by atoms with Crippen molar-refractivity contribution in [2.24, 2.45) is 0 Å². The van der Waals surface area contributed by atoms with Gasteiger partial charge in [0.05, 0.1) is 8.07 Å². The van der Waals surface area contributed by atoms with Crippen molar-refractivity contribution >= 4 is 14.0 Å². The van der Waals surface area contributed by atoms with Crippen LogP contribution >= 0.6 is 0 Å². The molecule has 0 aliphatic carbocycles. The average Bonchev–Trinajstić information content (AvgIpc) is 1.94. The maximum atomic E-state index is 9.00. The van der Waals surface area contributed by atoms with E-state index < -0.39 is 14.0 Å². The molecule has 0 radical (unpaired) electrons. The van der Waals surface area contributed by atoms with Gasteiger partial charge in [-0.1, -0.05) is 45.3 Å². The van der Waals surface area contributed by atoms with Crippen LogP contribution in [-0.4, -0.2) is 19.1 Å². The van der Waals surface area contributed by atoms with Gasteiger partial charge in [0.25, 0.3) is 5.97 Å². The van der Waals surface area contributed by atoms with Gasteiger partial charge in [0, 0.05) is 6.92 Å². The molecule has 1 fully saturated rings. The van der Waals surface area contributed by atoms with E-state index in [2.05, 4.69) is 20.0 Å². The van der Waals surface area contributed by atoms with Crippen molar-refractivity contribution in [3.05, 3.63) is 0 Å². The lowest BCUT2D eigenvalue weighted by molar-refractivity contribution is -0.134. The van der Waals surface area contributed by atoms with Gasteiger partial charge in [-0.25, -0.2) is 0 Å². The first-order chi connectivity index (χ1) is 5.86. The van der Waals surface area contributed by atoms with Gasteiger partial charge >= 0.3 is 0 Å². The first-order valence-electron chi connectivity index (χ1n) is 5.06. The largest absolute Gasteiger partial charge is 0.481 e. The summed E-state index contributed by atoms with van der Waals surface area (Å²) in [4.78, 5) is 9.00. The molecule has 1 aliphatic rings. The summed E-state index contributed by atoms with van der Waals surface area (Å²) in [5.74, 6) is -0.833. The fourth-order valence-corrected chi connectivity index (χ4v) is 4.31. The second-order valence-electron chi connectivity index (χ2n) is 4.65. The molecule has 1 rings (SSSR count). The molecule has 1 aliphatic heterocycles. The lowest BCUT2D eigenvalue weighted by atomic mass is 10.2. The molecular weight excluding hydrogens is 180 g/mol. The van der Waals surface area contributed by atoms with Crippen molar-refractivity contribution in [3.63, 3.8) is 0 Å². The first-order valence-corrected chi connectivity index (χ1v) is 8.34. The highest BCUT2D eigenvalue weighted by Crippen LogP contribution is 2.36. The zero-order chi connectivity index (χ0) is 10.5. The predicted molar refractivity (Wildman–Crippen MR) is 58.9 cm³/mol. The number of carbonyl (C=O) groups is 1. The Balaban J connectivity index is 0.000000310. The van der Waals surface area contributed by atoms with Crippen molar-refractivity contribution in [1.82, 2.24) is 0 Å². The number of aliphatic carboxylic acids is 1. The van der Waals surface area contributed by atoms with Crippen LogP contribution in [0.1, 0.15) is 33.1 Å². The Morgan fingerprint density at radius 3 is 2.08 bits per heavy atom. The van der Waals surface area contributed by atoms with E-state index in [0.717, 1.165) is 12.5 Å². The molecule has 1 heterocycles. The molecule has 0 spiro atoms. The van der Waals surface area contributed by atoms with Crippen LogP contribution in [0.2, 0.25) is 24.7 Å². The molecule has 1 saturated heterocycles. The minimum absolute atomic E-state index is 0.694. The minimum atomic E-state index is -0.833. The summed E-state index contributed by atoms with van der Waals surface area (Å²) in [7, 11) is -0.694. The standard InChI is InChI=1S/C8H18Si.C2H4O2/c1-8-6-4-5-7-9(8,2)3;1-2(3)4/h8H,4-7H2,1-3H3;1H3,(H,3,4). The Hall–Kier alpha value is -0.313. The van der Waals surface area contributed by atoms with Crippen molar-refractivity contribution < 1.29 is 9.90 Å². The van der Waals surface area contributed by atoms with E-state index in [1.165, 1.54) is 19.3 Å². The summed E-state index contributed by atoms with van der Waals surface area (Å²) in [5.41, 5.74) is 1.09. The van der Waals surface area contributed by atoms with Gasteiger partial charge in [-0.15, -0.1) is 0 Å². The normalized spacial score (nSPS) is 25.7. The summed E-state index contributed by atoms with van der Waals surface area (Å²) in [6, 6.07) is 1.58. The third-order valence-corrected chi connectivity index (χ3v) is 7.64. The Morgan fingerprint density at radius 1 is 1.38 bits per heavy atom. The fourth-order valence-electron chi connectivity index (χ4n) is 1.67. The third-order valence-electron chi connectivity index (χ3n) is 3.04. The van der Waals surface area contributed by atoms with Crippen LogP contribution in [0.5, 0.6) is 0 Å². The summed E-state index contributed by atoms with van der Waals surface area (Å²) in [6.45, 7) is 8.61. The Labute approximate surface area is 82.4 Å². The monoisotopic (exact) mass is 202 g/mol. The van der Waals surface area contributed by atoms with Crippen LogP contribution in [0.15, 0.2) is 0 Å². The van der Waals surface area contributed by atoms with Gasteiger partial charge in [-0.05, 0) is 5.54 Å². The van der Waals surface area contributed by atoms with Gasteiger partial charge in [0.15, 0.2) is 0 Å². The Morgan fingerprint density at radius 2 is 1.85 bits per heavy atom. The van der Waals surface area contributed by atoms with E-state index in [9.17, 15) is 0 Å². The van der Waals surface area contributed by atoms with Gasteiger partial charge in [0.2, 0.25) is 0 Å². The van der Waals surface area contributed by atoms with Crippen LogP contribution in [0.25, 0.3) is 0 Å². The molecular formula is C10H22O2Si. The molecule has 2 nitrogen and oxygen atoms in total. The van der Waals surface area contributed by atoms with E-state index >= 15 is 0 Å². The molecule has 0 saturated carbocycles. The number of rotatable bonds is 0. The zero-order valence-electron chi connectivity index (χ0n) is 9.26. The smallest absolute Gasteiger partial charge is 0.300 e. The maximum absolute atomic E-state index is 9.00. The zero-order valence-corrected chi connectivity index (χ0v) is 10.3. The van der Waals surface area contributed by atoms with E-state index in [1.807, 2.05) is 0 Å². The molecule has 1 unspecified atom stereocenters. The highest BCUT2D eigenvalue weighted by Gasteiger charge is 2.30. The number of carboxylic acid groups (broad SMARTS) is 1. The fraction of sp³-hybridized carbons (Fsp3) is 0.900. The molecule has 0 aromatic heterocycles. The molecule has 1 N–H and O–H groups in total. The second-order valence-corrected chi connectivity index (χ2v) is 10.1. The quantitative estimate of drug-likeness (QED) is 0.612.